The van der Waals surface area contributed by atoms with Crippen LogP contribution in [0.4, 0.5) is 5.13 Å². The van der Waals surface area contributed by atoms with Crippen molar-refractivity contribution in [2.24, 2.45) is 11.1 Å². The number of carbonyl (C=O) groups excluding carboxylic acids is 1. The molecule has 0 bridgehead atoms. The van der Waals surface area contributed by atoms with E-state index in [4.69, 9.17) is 17.3 Å². The zero-order valence-corrected chi connectivity index (χ0v) is 13.8. The zero-order chi connectivity index (χ0) is 15.6. The number of nitrogens with zero attached hydrogens (tertiary/aromatic N) is 1. The highest BCUT2D eigenvalue weighted by Crippen LogP contribution is 2.30. The standard InChI is InChI=1S/C15H18ClN3OS/c1-15(2,3)12(17)13(20)19-14-18-11(8-21-14)9-6-4-5-7-10(9)16/h4-8,12H,17H2,1-3H3,(H,18,19,20)/t12-/m1/s1. The number of amides is 1. The second-order valence-corrected chi connectivity index (χ2v) is 7.12. The Morgan fingerprint density at radius 3 is 2.67 bits per heavy atom. The van der Waals surface area contributed by atoms with Crippen LogP contribution in [0.5, 0.6) is 0 Å². The van der Waals surface area contributed by atoms with Crippen molar-refractivity contribution in [1.82, 2.24) is 4.98 Å². The molecule has 1 atom stereocenters. The van der Waals surface area contributed by atoms with Gasteiger partial charge in [0.15, 0.2) is 5.13 Å². The Bertz CT molecular complexity index is 648. The van der Waals surface area contributed by atoms with Crippen LogP contribution in [0.2, 0.25) is 5.02 Å². The number of nitrogens with one attached hydrogen (secondary N) is 1. The molecule has 0 saturated carbocycles. The lowest BCUT2D eigenvalue weighted by molar-refractivity contribution is -0.119. The number of aromatic nitrogens is 1. The van der Waals surface area contributed by atoms with Gasteiger partial charge >= 0.3 is 0 Å². The Morgan fingerprint density at radius 1 is 1.38 bits per heavy atom. The molecule has 4 nitrogen and oxygen atoms in total. The minimum absolute atomic E-state index is 0.234. The van der Waals surface area contributed by atoms with Crippen LogP contribution in [-0.4, -0.2) is 16.9 Å². The van der Waals surface area contributed by atoms with Gasteiger partial charge in [-0.2, -0.15) is 0 Å². The Morgan fingerprint density at radius 2 is 2.05 bits per heavy atom. The van der Waals surface area contributed by atoms with Crippen molar-refractivity contribution in [3.63, 3.8) is 0 Å². The lowest BCUT2D eigenvalue weighted by Crippen LogP contribution is -2.45. The molecule has 1 heterocycles. The summed E-state index contributed by atoms with van der Waals surface area (Å²) in [6, 6.07) is 6.87. The van der Waals surface area contributed by atoms with E-state index >= 15 is 0 Å². The van der Waals surface area contributed by atoms with Crippen molar-refractivity contribution in [1.29, 1.82) is 0 Å². The van der Waals surface area contributed by atoms with Crippen LogP contribution in [-0.2, 0) is 4.79 Å². The van der Waals surface area contributed by atoms with Gasteiger partial charge in [-0.3, -0.25) is 4.79 Å². The van der Waals surface area contributed by atoms with Crippen LogP contribution in [0.15, 0.2) is 29.6 Å². The highest BCUT2D eigenvalue weighted by Gasteiger charge is 2.28. The molecule has 1 aromatic carbocycles. The fourth-order valence-corrected chi connectivity index (χ4v) is 2.65. The first-order chi connectivity index (χ1) is 9.79. The maximum Gasteiger partial charge on any atom is 0.243 e. The predicted molar refractivity (Wildman–Crippen MR) is 88.6 cm³/mol. The summed E-state index contributed by atoms with van der Waals surface area (Å²) in [6.45, 7) is 5.77. The van der Waals surface area contributed by atoms with Gasteiger partial charge in [-0.05, 0) is 11.5 Å². The van der Waals surface area contributed by atoms with Gasteiger partial charge in [0.2, 0.25) is 5.91 Å². The van der Waals surface area contributed by atoms with Crippen molar-refractivity contribution >= 4 is 34.0 Å². The largest absolute Gasteiger partial charge is 0.319 e. The van der Waals surface area contributed by atoms with Crippen molar-refractivity contribution in [3.8, 4) is 11.3 Å². The second-order valence-electron chi connectivity index (χ2n) is 5.85. The van der Waals surface area contributed by atoms with Gasteiger partial charge in [0.1, 0.15) is 0 Å². The summed E-state index contributed by atoms with van der Waals surface area (Å²) in [5, 5.41) is 5.77. The summed E-state index contributed by atoms with van der Waals surface area (Å²) in [4.78, 5) is 16.5. The SMILES string of the molecule is CC(C)(C)[C@H](N)C(=O)Nc1nc(-c2ccccc2Cl)cs1. The molecule has 0 fully saturated rings. The third-order valence-electron chi connectivity index (χ3n) is 3.10. The number of halogens is 1. The molecular formula is C15H18ClN3OS. The summed E-state index contributed by atoms with van der Waals surface area (Å²) in [6.07, 6.45) is 0. The Hall–Kier alpha value is -1.43. The predicted octanol–water partition coefficient (Wildman–Crippen LogP) is 3.78. The lowest BCUT2D eigenvalue weighted by Gasteiger charge is -2.25. The minimum atomic E-state index is -0.592. The minimum Gasteiger partial charge on any atom is -0.319 e. The van der Waals surface area contributed by atoms with Crippen LogP contribution in [0.25, 0.3) is 11.3 Å². The van der Waals surface area contributed by atoms with E-state index in [1.807, 2.05) is 50.4 Å². The van der Waals surface area contributed by atoms with Gasteiger partial charge in [-0.25, -0.2) is 4.98 Å². The first-order valence-electron chi connectivity index (χ1n) is 6.56. The number of nitrogens with two attached hydrogens (primary N) is 1. The van der Waals surface area contributed by atoms with E-state index in [9.17, 15) is 4.79 Å². The van der Waals surface area contributed by atoms with Crippen molar-refractivity contribution < 1.29 is 4.79 Å². The van der Waals surface area contributed by atoms with Crippen LogP contribution < -0.4 is 11.1 Å². The molecule has 3 N–H and O–H groups in total. The van der Waals surface area contributed by atoms with Crippen LogP contribution in [0, 0.1) is 5.41 Å². The summed E-state index contributed by atoms with van der Waals surface area (Å²) in [5.74, 6) is -0.234. The molecule has 2 aromatic rings. The molecule has 0 radical (unpaired) electrons. The molecule has 1 aromatic heterocycles. The molecule has 0 spiro atoms. The summed E-state index contributed by atoms with van der Waals surface area (Å²) < 4.78 is 0. The lowest BCUT2D eigenvalue weighted by atomic mass is 9.87. The molecule has 0 aliphatic heterocycles. The molecule has 0 unspecified atom stereocenters. The Balaban J connectivity index is 2.15. The van der Waals surface area contributed by atoms with Gasteiger partial charge in [0, 0.05) is 16.0 Å². The normalized spacial score (nSPS) is 13.0. The number of benzene rings is 1. The molecule has 0 saturated heterocycles. The van der Waals surface area contributed by atoms with Gasteiger partial charge in [0.05, 0.1) is 11.7 Å². The second kappa shape index (κ2) is 6.13. The van der Waals surface area contributed by atoms with Gasteiger partial charge < -0.3 is 11.1 Å². The Labute approximate surface area is 133 Å². The van der Waals surface area contributed by atoms with Crippen molar-refractivity contribution in [3.05, 3.63) is 34.7 Å². The maximum atomic E-state index is 12.1. The number of rotatable bonds is 3. The molecule has 6 heteroatoms. The molecule has 0 aliphatic carbocycles. The molecule has 0 aliphatic rings. The van der Waals surface area contributed by atoms with Crippen molar-refractivity contribution in [2.75, 3.05) is 5.32 Å². The monoisotopic (exact) mass is 323 g/mol. The van der Waals surface area contributed by atoms with Gasteiger partial charge in [-0.1, -0.05) is 50.6 Å². The fourth-order valence-electron chi connectivity index (χ4n) is 1.70. The summed E-state index contributed by atoms with van der Waals surface area (Å²) in [5.41, 5.74) is 7.21. The maximum absolute atomic E-state index is 12.1. The van der Waals surface area contributed by atoms with E-state index in [-0.39, 0.29) is 11.3 Å². The van der Waals surface area contributed by atoms with E-state index in [0.29, 0.717) is 10.2 Å². The first-order valence-corrected chi connectivity index (χ1v) is 7.81. The van der Waals surface area contributed by atoms with E-state index < -0.39 is 6.04 Å². The van der Waals surface area contributed by atoms with E-state index in [0.717, 1.165) is 11.3 Å². The van der Waals surface area contributed by atoms with E-state index in [1.54, 1.807) is 0 Å². The topological polar surface area (TPSA) is 68.0 Å². The Kier molecular flexibility index (Phi) is 4.66. The molecular weight excluding hydrogens is 306 g/mol. The summed E-state index contributed by atoms with van der Waals surface area (Å²) in [7, 11) is 0. The van der Waals surface area contributed by atoms with Gasteiger partial charge in [0.25, 0.3) is 0 Å². The number of hydrogen-bond acceptors (Lipinski definition) is 4. The number of carbonyl (C=O) groups is 1. The quantitative estimate of drug-likeness (QED) is 0.903. The molecule has 1 amide bonds. The smallest absolute Gasteiger partial charge is 0.243 e. The molecule has 112 valence electrons. The van der Waals surface area contributed by atoms with E-state index in [2.05, 4.69) is 10.3 Å². The number of hydrogen-bond donors (Lipinski definition) is 2. The van der Waals surface area contributed by atoms with Crippen molar-refractivity contribution in [2.45, 2.75) is 26.8 Å². The van der Waals surface area contributed by atoms with Gasteiger partial charge in [-0.15, -0.1) is 11.3 Å². The third-order valence-corrected chi connectivity index (χ3v) is 4.19. The highest BCUT2D eigenvalue weighted by atomic mass is 35.5. The van der Waals surface area contributed by atoms with E-state index in [1.165, 1.54) is 11.3 Å². The van der Waals surface area contributed by atoms with Crippen LogP contribution >= 0.6 is 22.9 Å². The highest BCUT2D eigenvalue weighted by molar-refractivity contribution is 7.14. The zero-order valence-electron chi connectivity index (χ0n) is 12.2. The van der Waals surface area contributed by atoms with Crippen LogP contribution in [0.1, 0.15) is 20.8 Å². The third kappa shape index (κ3) is 3.81. The molecule has 2 rings (SSSR count). The average molecular weight is 324 g/mol. The summed E-state index contributed by atoms with van der Waals surface area (Å²) >= 11 is 7.49. The first kappa shape index (κ1) is 15.9. The fraction of sp³-hybridized carbons (Fsp3) is 0.333. The average Bonchev–Trinajstić information content (AvgIpc) is 2.85. The molecule has 21 heavy (non-hydrogen) atoms. The number of anilines is 1. The van der Waals surface area contributed by atoms with Crippen LogP contribution in [0.3, 0.4) is 0 Å². The number of thiazole rings is 1.